The molecule has 25 heavy (non-hydrogen) atoms. The van der Waals surface area contributed by atoms with Crippen LogP contribution in [0.3, 0.4) is 0 Å². The van der Waals surface area contributed by atoms with Gasteiger partial charge in [0.1, 0.15) is 16.7 Å². The number of hydrogen-bond acceptors (Lipinski definition) is 6. The third-order valence-corrected chi connectivity index (χ3v) is 7.33. The van der Waals surface area contributed by atoms with E-state index in [0.717, 1.165) is 25.7 Å². The van der Waals surface area contributed by atoms with Crippen LogP contribution >= 0.6 is 0 Å². The molecule has 1 aliphatic heterocycles. The Morgan fingerprint density at radius 3 is 2.32 bits per heavy atom. The third-order valence-electron chi connectivity index (χ3n) is 5.19. The van der Waals surface area contributed by atoms with Crippen LogP contribution in [0.4, 0.5) is 0 Å². The van der Waals surface area contributed by atoms with Crippen molar-refractivity contribution in [3.05, 3.63) is 11.5 Å². The number of carbonyl (C=O) groups is 1. The molecule has 7 nitrogen and oxygen atoms in total. The van der Waals surface area contributed by atoms with Crippen LogP contribution in [0.25, 0.3) is 0 Å². The van der Waals surface area contributed by atoms with Gasteiger partial charge in [-0.3, -0.25) is 4.79 Å². The molecule has 1 aromatic rings. The fourth-order valence-electron chi connectivity index (χ4n) is 3.75. The zero-order valence-corrected chi connectivity index (χ0v) is 15.7. The van der Waals surface area contributed by atoms with Crippen molar-refractivity contribution >= 4 is 16.0 Å². The minimum atomic E-state index is -3.63. The lowest BCUT2D eigenvalue weighted by Crippen LogP contribution is -2.41. The molecule has 2 fully saturated rings. The average molecular weight is 370 g/mol. The zero-order chi connectivity index (χ0) is 18.0. The first-order valence-corrected chi connectivity index (χ1v) is 10.5. The van der Waals surface area contributed by atoms with Gasteiger partial charge in [0.25, 0.3) is 0 Å². The van der Waals surface area contributed by atoms with Gasteiger partial charge in [0.15, 0.2) is 5.76 Å². The first-order valence-electron chi connectivity index (χ1n) is 9.03. The molecule has 0 atom stereocenters. The molecule has 0 radical (unpaired) electrons. The lowest BCUT2D eigenvalue weighted by molar-refractivity contribution is -0.156. The summed E-state index contributed by atoms with van der Waals surface area (Å²) in [6.07, 6.45) is 6.38. The summed E-state index contributed by atoms with van der Waals surface area (Å²) >= 11 is 0. The number of aryl methyl sites for hydroxylation is 2. The molecule has 0 aromatic carbocycles. The highest BCUT2D eigenvalue weighted by atomic mass is 32.2. The molecule has 1 aliphatic carbocycles. The molecule has 140 valence electrons. The highest BCUT2D eigenvalue weighted by Gasteiger charge is 2.36. The van der Waals surface area contributed by atoms with Crippen LogP contribution in [0.15, 0.2) is 9.42 Å². The van der Waals surface area contributed by atoms with Crippen molar-refractivity contribution in [2.75, 3.05) is 13.1 Å². The summed E-state index contributed by atoms with van der Waals surface area (Å²) in [7, 11) is -3.63. The van der Waals surface area contributed by atoms with E-state index in [1.54, 1.807) is 13.8 Å². The van der Waals surface area contributed by atoms with E-state index in [0.29, 0.717) is 37.4 Å². The highest BCUT2D eigenvalue weighted by molar-refractivity contribution is 7.89. The van der Waals surface area contributed by atoms with Gasteiger partial charge in [-0.15, -0.1) is 0 Å². The van der Waals surface area contributed by atoms with Crippen LogP contribution < -0.4 is 0 Å². The molecule has 0 spiro atoms. The van der Waals surface area contributed by atoms with Gasteiger partial charge in [-0.2, -0.15) is 4.31 Å². The Hall–Kier alpha value is -1.41. The number of piperidine rings is 1. The van der Waals surface area contributed by atoms with Crippen molar-refractivity contribution in [1.82, 2.24) is 9.46 Å². The van der Waals surface area contributed by atoms with Gasteiger partial charge in [0, 0.05) is 13.1 Å². The predicted octanol–water partition coefficient (Wildman–Crippen LogP) is 2.57. The number of hydrogen-bond donors (Lipinski definition) is 0. The maximum atomic E-state index is 12.8. The fourth-order valence-corrected chi connectivity index (χ4v) is 5.51. The molecule has 2 heterocycles. The molecule has 1 saturated carbocycles. The first kappa shape index (κ1) is 18.4. The van der Waals surface area contributed by atoms with Crippen molar-refractivity contribution in [2.45, 2.75) is 69.8 Å². The van der Waals surface area contributed by atoms with Crippen molar-refractivity contribution in [3.8, 4) is 0 Å². The Labute approximate surface area is 148 Å². The molecule has 1 saturated heterocycles. The molecule has 8 heteroatoms. The third kappa shape index (κ3) is 3.89. The number of ether oxygens (including phenoxy) is 1. The second-order valence-electron chi connectivity index (χ2n) is 7.03. The minimum absolute atomic E-state index is 0.0466. The Morgan fingerprint density at radius 2 is 1.76 bits per heavy atom. The standard InChI is InChI=1S/C17H26N2O5S/c1-12-16(13(2)24-18-12)25(21,22)19-10-8-14(9-11-19)17(20)23-15-6-4-3-5-7-15/h14-15H,3-11H2,1-2H3. The van der Waals surface area contributed by atoms with E-state index >= 15 is 0 Å². The quantitative estimate of drug-likeness (QED) is 0.757. The van der Waals surface area contributed by atoms with Crippen LogP contribution in [0.1, 0.15) is 56.4 Å². The van der Waals surface area contributed by atoms with E-state index in [2.05, 4.69) is 5.16 Å². The largest absolute Gasteiger partial charge is 0.462 e. The Morgan fingerprint density at radius 1 is 1.12 bits per heavy atom. The topological polar surface area (TPSA) is 89.7 Å². The Bertz CT molecular complexity index is 694. The van der Waals surface area contributed by atoms with Crippen LogP contribution in [0.2, 0.25) is 0 Å². The maximum Gasteiger partial charge on any atom is 0.309 e. The smallest absolute Gasteiger partial charge is 0.309 e. The zero-order valence-electron chi connectivity index (χ0n) is 14.9. The summed E-state index contributed by atoms with van der Waals surface area (Å²) in [6, 6.07) is 0. The molecule has 1 aromatic heterocycles. The van der Waals surface area contributed by atoms with Crippen LogP contribution in [-0.2, 0) is 19.6 Å². The predicted molar refractivity (Wildman–Crippen MR) is 90.4 cm³/mol. The highest BCUT2D eigenvalue weighted by Crippen LogP contribution is 2.29. The molecular weight excluding hydrogens is 344 g/mol. The number of aromatic nitrogens is 1. The molecule has 3 rings (SSSR count). The average Bonchev–Trinajstić information content (AvgIpc) is 2.95. The molecule has 0 amide bonds. The summed E-state index contributed by atoms with van der Waals surface area (Å²) in [5.74, 6) is -0.0735. The normalized spacial score (nSPS) is 21.4. The van der Waals surface area contributed by atoms with E-state index in [9.17, 15) is 13.2 Å². The number of nitrogens with zero attached hydrogens (tertiary/aromatic N) is 2. The number of carbonyl (C=O) groups excluding carboxylic acids is 1. The SMILES string of the molecule is Cc1noc(C)c1S(=O)(=O)N1CCC(C(=O)OC2CCCCC2)CC1. The van der Waals surface area contributed by atoms with Crippen molar-refractivity contribution in [3.63, 3.8) is 0 Å². The fraction of sp³-hybridized carbons (Fsp3) is 0.765. The first-order chi connectivity index (χ1) is 11.9. The summed E-state index contributed by atoms with van der Waals surface area (Å²) in [6.45, 7) is 3.85. The van der Waals surface area contributed by atoms with E-state index in [1.807, 2.05) is 0 Å². The molecular formula is C17H26N2O5S. The van der Waals surface area contributed by atoms with Crippen molar-refractivity contribution in [2.24, 2.45) is 5.92 Å². The van der Waals surface area contributed by atoms with Gasteiger partial charge in [-0.05, 0) is 52.4 Å². The van der Waals surface area contributed by atoms with Gasteiger partial charge in [0.2, 0.25) is 10.0 Å². The maximum absolute atomic E-state index is 12.8. The molecule has 0 bridgehead atoms. The van der Waals surface area contributed by atoms with E-state index in [-0.39, 0.29) is 22.9 Å². The van der Waals surface area contributed by atoms with Crippen LogP contribution in [0.5, 0.6) is 0 Å². The lowest BCUT2D eigenvalue weighted by Gasteiger charge is -2.31. The van der Waals surface area contributed by atoms with Crippen LogP contribution in [0, 0.1) is 19.8 Å². The monoisotopic (exact) mass is 370 g/mol. The second kappa shape index (κ2) is 7.45. The summed E-state index contributed by atoms with van der Waals surface area (Å²) in [4.78, 5) is 12.5. The molecule has 0 N–H and O–H groups in total. The number of rotatable bonds is 4. The molecule has 2 aliphatic rings. The summed E-state index contributed by atoms with van der Waals surface area (Å²) < 4.78 is 37.6. The van der Waals surface area contributed by atoms with Gasteiger partial charge in [-0.25, -0.2) is 8.42 Å². The number of esters is 1. The van der Waals surface area contributed by atoms with Crippen LogP contribution in [-0.4, -0.2) is 43.0 Å². The minimum Gasteiger partial charge on any atom is -0.462 e. The Balaban J connectivity index is 1.59. The molecule has 0 unspecified atom stereocenters. The number of sulfonamides is 1. The van der Waals surface area contributed by atoms with Gasteiger partial charge in [0.05, 0.1) is 5.92 Å². The van der Waals surface area contributed by atoms with Crippen molar-refractivity contribution in [1.29, 1.82) is 0 Å². The van der Waals surface area contributed by atoms with Crippen molar-refractivity contribution < 1.29 is 22.5 Å². The Kier molecular flexibility index (Phi) is 5.48. The van der Waals surface area contributed by atoms with E-state index < -0.39 is 10.0 Å². The van der Waals surface area contributed by atoms with E-state index in [1.165, 1.54) is 10.7 Å². The van der Waals surface area contributed by atoms with Gasteiger partial charge >= 0.3 is 5.97 Å². The van der Waals surface area contributed by atoms with Gasteiger partial charge in [-0.1, -0.05) is 11.6 Å². The summed E-state index contributed by atoms with van der Waals surface area (Å²) in [5.41, 5.74) is 0.372. The van der Waals surface area contributed by atoms with E-state index in [4.69, 9.17) is 9.26 Å². The van der Waals surface area contributed by atoms with Gasteiger partial charge < -0.3 is 9.26 Å². The second-order valence-corrected chi connectivity index (χ2v) is 8.90. The lowest BCUT2D eigenvalue weighted by atomic mass is 9.96. The summed E-state index contributed by atoms with van der Waals surface area (Å²) in [5, 5.41) is 3.73.